The average Bonchev–Trinajstić information content (AvgIpc) is 2.92. The lowest BCUT2D eigenvalue weighted by Gasteiger charge is -2.35. The predicted molar refractivity (Wildman–Crippen MR) is 150 cm³/mol. The normalized spacial score (nSPS) is 26.6. The van der Waals surface area contributed by atoms with Gasteiger partial charge in [-0.2, -0.15) is 0 Å². The van der Waals surface area contributed by atoms with Gasteiger partial charge in [-0.05, 0) is 63.5 Å². The van der Waals surface area contributed by atoms with Crippen LogP contribution in [0.2, 0.25) is 0 Å². The molecule has 1 saturated heterocycles. The van der Waals surface area contributed by atoms with E-state index in [2.05, 4.69) is 26.4 Å². The lowest BCUT2D eigenvalue weighted by atomic mass is 9.92. The molecular formula is C29H40N6O5. The van der Waals surface area contributed by atoms with Crippen molar-refractivity contribution in [2.45, 2.75) is 78.6 Å². The van der Waals surface area contributed by atoms with E-state index in [4.69, 9.17) is 4.74 Å². The molecule has 0 unspecified atom stereocenters. The first-order chi connectivity index (χ1) is 18.9. The summed E-state index contributed by atoms with van der Waals surface area (Å²) >= 11 is 0. The Bertz CT molecular complexity index is 1290. The number of carbonyl (C=O) groups excluding carboxylic acids is 4. The maximum absolute atomic E-state index is 13.3. The Kier molecular flexibility index (Phi) is 8.62. The number of hydrogen-bond donors (Lipinski definition) is 4. The van der Waals surface area contributed by atoms with Gasteiger partial charge in [0, 0.05) is 24.2 Å². The Labute approximate surface area is 234 Å². The van der Waals surface area contributed by atoms with E-state index in [-0.39, 0.29) is 36.3 Å². The first-order valence-electron chi connectivity index (χ1n) is 13.9. The topological polar surface area (TPSA) is 142 Å². The van der Waals surface area contributed by atoms with Gasteiger partial charge in [-0.25, -0.2) is 10.4 Å². The highest BCUT2D eigenvalue weighted by molar-refractivity contribution is 5.93. The van der Waals surface area contributed by atoms with Gasteiger partial charge in [0.15, 0.2) is 0 Å². The Hall–Kier alpha value is -3.73. The monoisotopic (exact) mass is 552 g/mol. The van der Waals surface area contributed by atoms with Crippen molar-refractivity contribution < 1.29 is 23.9 Å². The van der Waals surface area contributed by atoms with Crippen LogP contribution < -0.4 is 26.1 Å². The molecule has 216 valence electrons. The minimum Gasteiger partial charge on any atom is -0.477 e. The van der Waals surface area contributed by atoms with Crippen molar-refractivity contribution in [3.05, 3.63) is 36.0 Å². The quantitative estimate of drug-likeness (QED) is 0.424. The molecule has 2 aliphatic rings. The van der Waals surface area contributed by atoms with Gasteiger partial charge in [-0.3, -0.25) is 24.2 Å². The van der Waals surface area contributed by atoms with Gasteiger partial charge in [0.25, 0.3) is 5.91 Å². The maximum atomic E-state index is 13.3. The Balaban J connectivity index is 1.66. The number of benzene rings is 1. The summed E-state index contributed by atoms with van der Waals surface area (Å²) in [4.78, 5) is 57.2. The highest BCUT2D eigenvalue weighted by Crippen LogP contribution is 2.25. The smallest absolute Gasteiger partial charge is 0.258 e. The lowest BCUT2D eigenvalue weighted by Crippen LogP contribution is -2.62. The fourth-order valence-electron chi connectivity index (χ4n) is 4.81. The molecule has 5 bridgehead atoms. The molecule has 40 heavy (non-hydrogen) atoms. The van der Waals surface area contributed by atoms with Crippen molar-refractivity contribution in [2.75, 3.05) is 13.2 Å². The molecule has 0 radical (unpaired) electrons. The third kappa shape index (κ3) is 6.52. The molecule has 4 atom stereocenters. The molecule has 0 saturated carbocycles. The molecule has 1 aromatic heterocycles. The summed E-state index contributed by atoms with van der Waals surface area (Å²) in [5.74, 6) is -1.25. The van der Waals surface area contributed by atoms with Gasteiger partial charge >= 0.3 is 0 Å². The summed E-state index contributed by atoms with van der Waals surface area (Å²) in [5, 5.41) is 11.8. The van der Waals surface area contributed by atoms with E-state index in [0.29, 0.717) is 25.3 Å². The Morgan fingerprint density at radius 1 is 0.975 bits per heavy atom. The zero-order chi connectivity index (χ0) is 29.2. The van der Waals surface area contributed by atoms with Crippen molar-refractivity contribution in [1.82, 2.24) is 31.4 Å². The predicted octanol–water partition coefficient (Wildman–Crippen LogP) is 1.97. The van der Waals surface area contributed by atoms with Crippen molar-refractivity contribution in [1.29, 1.82) is 0 Å². The van der Waals surface area contributed by atoms with Gasteiger partial charge in [-0.15, -0.1) is 0 Å². The van der Waals surface area contributed by atoms with Crippen LogP contribution in [0.15, 0.2) is 30.5 Å². The Morgan fingerprint density at radius 3 is 2.42 bits per heavy atom. The third-order valence-corrected chi connectivity index (χ3v) is 7.51. The fraction of sp³-hybridized carbons (Fsp3) is 0.552. The number of fused-ring (bicyclic) bond motifs is 4. The van der Waals surface area contributed by atoms with E-state index in [1.807, 2.05) is 45.0 Å². The summed E-state index contributed by atoms with van der Waals surface area (Å²) < 4.78 is 5.94. The number of nitrogens with zero attached hydrogens (tertiary/aromatic N) is 2. The van der Waals surface area contributed by atoms with E-state index in [9.17, 15) is 19.2 Å². The van der Waals surface area contributed by atoms with Gasteiger partial charge < -0.3 is 20.7 Å². The van der Waals surface area contributed by atoms with Crippen LogP contribution in [0.5, 0.6) is 5.88 Å². The molecule has 2 aliphatic heterocycles. The lowest BCUT2D eigenvalue weighted by molar-refractivity contribution is -0.143. The van der Waals surface area contributed by atoms with E-state index in [0.717, 1.165) is 16.3 Å². The van der Waals surface area contributed by atoms with Crippen LogP contribution in [-0.4, -0.2) is 64.9 Å². The minimum atomic E-state index is -0.975. The highest BCUT2D eigenvalue weighted by atomic mass is 16.5. The van der Waals surface area contributed by atoms with Gasteiger partial charge in [0.1, 0.15) is 24.7 Å². The van der Waals surface area contributed by atoms with Crippen LogP contribution in [0.1, 0.15) is 66.0 Å². The molecule has 4 N–H and O–H groups in total. The highest BCUT2D eigenvalue weighted by Gasteiger charge is 2.36. The fourth-order valence-corrected chi connectivity index (χ4v) is 4.81. The molecule has 3 heterocycles. The van der Waals surface area contributed by atoms with E-state index in [1.165, 1.54) is 5.01 Å². The molecule has 1 aromatic carbocycles. The average molecular weight is 553 g/mol. The van der Waals surface area contributed by atoms with Crippen molar-refractivity contribution in [3.8, 4) is 5.88 Å². The zero-order valence-electron chi connectivity index (χ0n) is 24.0. The molecule has 2 aromatic rings. The Morgan fingerprint density at radius 2 is 1.70 bits per heavy atom. The van der Waals surface area contributed by atoms with Crippen molar-refractivity contribution >= 4 is 34.4 Å². The number of pyridine rings is 1. The molecule has 11 heteroatoms. The summed E-state index contributed by atoms with van der Waals surface area (Å²) in [7, 11) is 0. The minimum absolute atomic E-state index is 0.0346. The molecule has 1 fully saturated rings. The zero-order valence-corrected chi connectivity index (χ0v) is 24.0. The van der Waals surface area contributed by atoms with E-state index in [1.54, 1.807) is 27.0 Å². The third-order valence-electron chi connectivity index (χ3n) is 7.51. The summed E-state index contributed by atoms with van der Waals surface area (Å²) in [6, 6.07) is 5.06. The van der Waals surface area contributed by atoms with Crippen LogP contribution >= 0.6 is 0 Å². The van der Waals surface area contributed by atoms with Crippen molar-refractivity contribution in [3.63, 3.8) is 0 Å². The van der Waals surface area contributed by atoms with E-state index >= 15 is 0 Å². The van der Waals surface area contributed by atoms with Crippen LogP contribution in [0.3, 0.4) is 0 Å². The number of amides is 4. The van der Waals surface area contributed by atoms with Crippen molar-refractivity contribution in [2.24, 2.45) is 11.3 Å². The molecule has 4 amide bonds. The number of carbonyl (C=O) groups is 4. The largest absolute Gasteiger partial charge is 0.477 e. The number of rotatable bonds is 1. The van der Waals surface area contributed by atoms with E-state index < -0.39 is 29.4 Å². The van der Waals surface area contributed by atoms with Crippen LogP contribution in [0.4, 0.5) is 0 Å². The molecular weight excluding hydrogens is 512 g/mol. The maximum Gasteiger partial charge on any atom is 0.258 e. The van der Waals surface area contributed by atoms with Gasteiger partial charge in [0.05, 0.1) is 11.5 Å². The second-order valence-corrected chi connectivity index (χ2v) is 11.8. The van der Waals surface area contributed by atoms with Crippen LogP contribution in [0, 0.1) is 11.3 Å². The number of nitrogens with one attached hydrogen (secondary N) is 4. The number of aromatic nitrogens is 1. The van der Waals surface area contributed by atoms with Gasteiger partial charge in [0.2, 0.25) is 23.6 Å². The molecule has 4 rings (SSSR count). The second-order valence-electron chi connectivity index (χ2n) is 11.8. The second kappa shape index (κ2) is 11.8. The molecule has 0 spiro atoms. The standard InChI is InChI=1S/C29H40N6O5/c1-16(2)24-26(37)32-18(4)27(38)35-11-7-8-22(34-35)25(36)31-17(3)19-9-10-20-14-30-23(13-21(20)12-19)40-15-29(5,6)28(39)33-24/h9-10,12-14,16-18,22,24,34H,7-8,11,15H2,1-6H3,(H,31,36)(H,32,37)(H,33,39)/t17-,18+,22-,24+/m1/s1. The number of ether oxygens (including phenoxy) is 1. The number of hydrogen-bond acceptors (Lipinski definition) is 7. The summed E-state index contributed by atoms with van der Waals surface area (Å²) in [6.45, 7) is 11.1. The van der Waals surface area contributed by atoms with Crippen LogP contribution in [0.25, 0.3) is 10.8 Å². The van der Waals surface area contributed by atoms with Crippen LogP contribution in [-0.2, 0) is 19.2 Å². The summed E-state index contributed by atoms with van der Waals surface area (Å²) in [6.07, 6.45) is 2.92. The summed E-state index contributed by atoms with van der Waals surface area (Å²) in [5.41, 5.74) is 2.97. The first-order valence-corrected chi connectivity index (χ1v) is 13.9. The first kappa shape index (κ1) is 29.3. The molecule has 0 aliphatic carbocycles. The number of hydrazine groups is 1. The molecule has 11 nitrogen and oxygen atoms in total. The van der Waals surface area contributed by atoms with Gasteiger partial charge in [-0.1, -0.05) is 26.0 Å². The SMILES string of the molecule is CC(C)[C@@H]1NC(=O)C(C)(C)COc2cc3cc(ccc3cn2)[C@@H](C)NC(=O)[C@H]2CCCN(N2)C(=O)[C@H](C)NC1=O.